The van der Waals surface area contributed by atoms with Crippen molar-refractivity contribution < 1.29 is 4.42 Å². The Bertz CT molecular complexity index is 864. The highest BCUT2D eigenvalue weighted by Gasteiger charge is 2.18. The molecule has 0 aliphatic rings. The Kier molecular flexibility index (Phi) is 3.33. The predicted octanol–water partition coefficient (Wildman–Crippen LogP) is 5.74. The molecule has 0 N–H and O–H groups in total. The van der Waals surface area contributed by atoms with Crippen LogP contribution in [-0.4, -0.2) is 4.98 Å². The summed E-state index contributed by atoms with van der Waals surface area (Å²) in [5, 5.41) is 2.06. The van der Waals surface area contributed by atoms with Crippen LogP contribution < -0.4 is 0 Å². The fraction of sp³-hybridized carbons (Fsp3) is 0. The summed E-state index contributed by atoms with van der Waals surface area (Å²) in [6, 6.07) is 24.2. The molecule has 2 aromatic heterocycles. The maximum absolute atomic E-state index is 6.11. The maximum atomic E-state index is 6.11. The van der Waals surface area contributed by atoms with Gasteiger partial charge in [0.1, 0.15) is 5.69 Å². The number of thiophene rings is 1. The van der Waals surface area contributed by atoms with E-state index in [2.05, 4.69) is 11.4 Å². The van der Waals surface area contributed by atoms with Gasteiger partial charge in [0.15, 0.2) is 5.76 Å². The van der Waals surface area contributed by atoms with E-state index in [0.29, 0.717) is 5.89 Å². The van der Waals surface area contributed by atoms with Crippen molar-refractivity contribution in [2.24, 2.45) is 0 Å². The number of aromatic nitrogens is 1. The topological polar surface area (TPSA) is 26.0 Å². The van der Waals surface area contributed by atoms with Gasteiger partial charge in [0.25, 0.3) is 0 Å². The minimum atomic E-state index is 0.655. The number of rotatable bonds is 3. The lowest BCUT2D eigenvalue weighted by molar-refractivity contribution is 0.589. The highest BCUT2D eigenvalue weighted by molar-refractivity contribution is 7.13. The number of nitrogens with zero attached hydrogens (tertiary/aromatic N) is 1. The van der Waals surface area contributed by atoms with Crippen LogP contribution in [0.5, 0.6) is 0 Å². The lowest BCUT2D eigenvalue weighted by Crippen LogP contribution is -1.79. The molecule has 2 aromatic carbocycles. The van der Waals surface area contributed by atoms with E-state index < -0.39 is 0 Å². The Morgan fingerprint density at radius 2 is 1.41 bits per heavy atom. The van der Waals surface area contributed by atoms with Crippen molar-refractivity contribution in [3.8, 4) is 33.3 Å². The molecular formula is C19H13NOS. The Balaban J connectivity index is 1.91. The Hall–Kier alpha value is -2.65. The third-order valence-electron chi connectivity index (χ3n) is 3.44. The monoisotopic (exact) mass is 303 g/mol. The lowest BCUT2D eigenvalue weighted by atomic mass is 10.1. The molecule has 0 saturated heterocycles. The molecule has 4 rings (SSSR count). The first-order chi connectivity index (χ1) is 10.9. The zero-order valence-electron chi connectivity index (χ0n) is 11.8. The van der Waals surface area contributed by atoms with Gasteiger partial charge in [-0.05, 0) is 23.6 Å². The number of hydrogen-bond donors (Lipinski definition) is 0. The van der Waals surface area contributed by atoms with Crippen molar-refractivity contribution in [1.29, 1.82) is 0 Å². The Morgan fingerprint density at radius 1 is 0.727 bits per heavy atom. The maximum Gasteiger partial charge on any atom is 0.227 e. The number of benzene rings is 2. The van der Waals surface area contributed by atoms with E-state index in [1.165, 1.54) is 0 Å². The molecule has 22 heavy (non-hydrogen) atoms. The van der Waals surface area contributed by atoms with Gasteiger partial charge in [0, 0.05) is 11.1 Å². The summed E-state index contributed by atoms with van der Waals surface area (Å²) in [6.07, 6.45) is 0. The molecule has 4 aromatic rings. The predicted molar refractivity (Wildman–Crippen MR) is 90.7 cm³/mol. The molecular weight excluding hydrogens is 290 g/mol. The first-order valence-electron chi connectivity index (χ1n) is 7.07. The van der Waals surface area contributed by atoms with E-state index in [0.717, 1.165) is 27.5 Å². The molecule has 106 valence electrons. The average molecular weight is 303 g/mol. The van der Waals surface area contributed by atoms with Crippen LogP contribution in [0.3, 0.4) is 0 Å². The molecule has 0 aliphatic carbocycles. The largest absolute Gasteiger partial charge is 0.435 e. The molecule has 2 heterocycles. The molecule has 0 unspecified atom stereocenters. The highest BCUT2D eigenvalue weighted by atomic mass is 32.1. The van der Waals surface area contributed by atoms with E-state index >= 15 is 0 Å². The normalized spacial score (nSPS) is 10.7. The second-order valence-electron chi connectivity index (χ2n) is 4.91. The fourth-order valence-electron chi connectivity index (χ4n) is 2.39. The Labute approximate surface area is 132 Å². The number of hydrogen-bond acceptors (Lipinski definition) is 3. The van der Waals surface area contributed by atoms with Crippen LogP contribution in [0, 0.1) is 0 Å². The van der Waals surface area contributed by atoms with Gasteiger partial charge in [-0.15, -0.1) is 11.3 Å². The molecule has 2 nitrogen and oxygen atoms in total. The SMILES string of the molecule is c1ccc(-c2nc(-c3cccs3)c(-c3ccccc3)o2)cc1. The van der Waals surface area contributed by atoms with Crippen molar-refractivity contribution in [2.45, 2.75) is 0 Å². The molecule has 3 heteroatoms. The van der Waals surface area contributed by atoms with Crippen LogP contribution in [0.1, 0.15) is 0 Å². The van der Waals surface area contributed by atoms with Crippen LogP contribution in [0.2, 0.25) is 0 Å². The fourth-order valence-corrected chi connectivity index (χ4v) is 3.10. The lowest BCUT2D eigenvalue weighted by Gasteiger charge is -1.98. The summed E-state index contributed by atoms with van der Waals surface area (Å²) in [4.78, 5) is 5.86. The summed E-state index contributed by atoms with van der Waals surface area (Å²) in [5.74, 6) is 1.48. The van der Waals surface area contributed by atoms with Gasteiger partial charge in [-0.1, -0.05) is 54.6 Å². The van der Waals surface area contributed by atoms with Gasteiger partial charge in [-0.25, -0.2) is 4.98 Å². The third kappa shape index (κ3) is 2.36. The van der Waals surface area contributed by atoms with Crippen molar-refractivity contribution >= 4 is 11.3 Å². The van der Waals surface area contributed by atoms with E-state index in [1.54, 1.807) is 11.3 Å². The van der Waals surface area contributed by atoms with E-state index in [4.69, 9.17) is 9.40 Å². The molecule has 0 spiro atoms. The molecule has 0 atom stereocenters. The first kappa shape index (κ1) is 13.0. The summed E-state index contributed by atoms with van der Waals surface area (Å²) < 4.78 is 6.11. The van der Waals surface area contributed by atoms with Gasteiger partial charge < -0.3 is 4.42 Å². The van der Waals surface area contributed by atoms with Crippen LogP contribution in [0.4, 0.5) is 0 Å². The van der Waals surface area contributed by atoms with E-state index in [9.17, 15) is 0 Å². The van der Waals surface area contributed by atoms with Gasteiger partial charge in [0.05, 0.1) is 4.88 Å². The summed E-state index contributed by atoms with van der Waals surface area (Å²) in [6.45, 7) is 0. The van der Waals surface area contributed by atoms with Crippen molar-refractivity contribution in [3.63, 3.8) is 0 Å². The van der Waals surface area contributed by atoms with Gasteiger partial charge in [-0.3, -0.25) is 0 Å². The van der Waals surface area contributed by atoms with Crippen molar-refractivity contribution in [1.82, 2.24) is 4.98 Å². The van der Waals surface area contributed by atoms with Crippen LogP contribution in [0.15, 0.2) is 82.6 Å². The standard InChI is InChI=1S/C19H13NOS/c1-3-8-14(9-4-1)18-17(16-12-7-13-22-16)20-19(21-18)15-10-5-2-6-11-15/h1-13H. The van der Waals surface area contributed by atoms with Crippen molar-refractivity contribution in [2.75, 3.05) is 0 Å². The van der Waals surface area contributed by atoms with Crippen LogP contribution >= 0.6 is 11.3 Å². The zero-order chi connectivity index (χ0) is 14.8. The first-order valence-corrected chi connectivity index (χ1v) is 7.95. The molecule has 0 saturated carbocycles. The smallest absolute Gasteiger partial charge is 0.227 e. The second kappa shape index (κ2) is 5.62. The van der Waals surface area contributed by atoms with Gasteiger partial charge in [-0.2, -0.15) is 0 Å². The van der Waals surface area contributed by atoms with Crippen LogP contribution in [0.25, 0.3) is 33.3 Å². The van der Waals surface area contributed by atoms with Crippen LogP contribution in [-0.2, 0) is 0 Å². The van der Waals surface area contributed by atoms with Gasteiger partial charge in [0.2, 0.25) is 5.89 Å². The van der Waals surface area contributed by atoms with E-state index in [-0.39, 0.29) is 0 Å². The summed E-state index contributed by atoms with van der Waals surface area (Å²) in [7, 11) is 0. The summed E-state index contributed by atoms with van der Waals surface area (Å²) >= 11 is 1.67. The van der Waals surface area contributed by atoms with Crippen molar-refractivity contribution in [3.05, 3.63) is 78.2 Å². The average Bonchev–Trinajstić information content (AvgIpc) is 3.26. The van der Waals surface area contributed by atoms with Gasteiger partial charge >= 0.3 is 0 Å². The zero-order valence-corrected chi connectivity index (χ0v) is 12.6. The third-order valence-corrected chi connectivity index (χ3v) is 4.32. The van der Waals surface area contributed by atoms with E-state index in [1.807, 2.05) is 66.7 Å². The molecule has 0 amide bonds. The minimum Gasteiger partial charge on any atom is -0.435 e. The quantitative estimate of drug-likeness (QED) is 0.482. The Morgan fingerprint density at radius 3 is 2.05 bits per heavy atom. The highest BCUT2D eigenvalue weighted by Crippen LogP contribution is 2.37. The minimum absolute atomic E-state index is 0.655. The summed E-state index contributed by atoms with van der Waals surface area (Å²) in [5.41, 5.74) is 2.93. The molecule has 0 radical (unpaired) electrons. The second-order valence-corrected chi connectivity index (χ2v) is 5.85. The molecule has 0 fully saturated rings. The molecule has 0 aliphatic heterocycles. The number of oxazole rings is 1. The molecule has 0 bridgehead atoms.